The number of hydrogen-bond acceptors (Lipinski definition) is 5. The number of ether oxygens (including phenoxy) is 1. The Balaban J connectivity index is 3.61. The van der Waals surface area contributed by atoms with Gasteiger partial charge < -0.3 is 25.4 Å². The smallest absolute Gasteiger partial charge is 0.408 e. The maximum atomic E-state index is 14.4. The molecule has 0 fully saturated rings. The van der Waals surface area contributed by atoms with Crippen molar-refractivity contribution in [1.82, 2.24) is 15.5 Å². The van der Waals surface area contributed by atoms with E-state index in [2.05, 4.69) is 31.4 Å². The molecule has 222 valence electrons. The molecule has 39 heavy (non-hydrogen) atoms. The van der Waals surface area contributed by atoms with Crippen LogP contribution in [0.15, 0.2) is 24.3 Å². The number of alkyl carbamates (subject to hydrolysis) is 1. The largest absolute Gasteiger partial charge is 0.508 e. The molecule has 4 unspecified atom stereocenters. The van der Waals surface area contributed by atoms with E-state index in [0.717, 1.165) is 25.7 Å². The summed E-state index contributed by atoms with van der Waals surface area (Å²) in [6, 6.07) is 4.34. The number of carbonyl (C=O) groups excluding carboxylic acids is 3. The van der Waals surface area contributed by atoms with Crippen molar-refractivity contribution in [3.8, 4) is 5.75 Å². The third-order valence-electron chi connectivity index (χ3n) is 6.88. The van der Waals surface area contributed by atoms with Crippen molar-refractivity contribution >= 4 is 17.9 Å². The zero-order valence-corrected chi connectivity index (χ0v) is 25.7. The lowest BCUT2D eigenvalue weighted by Gasteiger charge is -2.40. The number of aromatic hydroxyl groups is 1. The molecule has 0 heterocycles. The number of amides is 3. The van der Waals surface area contributed by atoms with Crippen LogP contribution >= 0.6 is 0 Å². The van der Waals surface area contributed by atoms with Crippen molar-refractivity contribution in [3.63, 3.8) is 0 Å². The van der Waals surface area contributed by atoms with E-state index in [1.807, 2.05) is 20.8 Å². The monoisotopic (exact) mass is 547 g/mol. The minimum Gasteiger partial charge on any atom is -0.508 e. The van der Waals surface area contributed by atoms with E-state index in [1.165, 1.54) is 6.07 Å². The summed E-state index contributed by atoms with van der Waals surface area (Å²) in [5, 5.41) is 16.6. The number of phenols is 1. The van der Waals surface area contributed by atoms with Gasteiger partial charge in [0.05, 0.1) is 0 Å². The Labute approximate surface area is 236 Å². The molecular formula is C31H53N3O5. The van der Waals surface area contributed by atoms with Crippen LogP contribution in [0.1, 0.15) is 112 Å². The lowest BCUT2D eigenvalue weighted by molar-refractivity contribution is -0.146. The summed E-state index contributed by atoms with van der Waals surface area (Å²) >= 11 is 0. The molecule has 3 N–H and O–H groups in total. The van der Waals surface area contributed by atoms with Gasteiger partial charge in [-0.15, -0.1) is 0 Å². The molecule has 0 radical (unpaired) electrons. The fraction of sp³-hybridized carbons (Fsp3) is 0.710. The lowest BCUT2D eigenvalue weighted by Crippen LogP contribution is -2.57. The molecule has 0 aliphatic rings. The van der Waals surface area contributed by atoms with Gasteiger partial charge in [0.1, 0.15) is 23.4 Å². The van der Waals surface area contributed by atoms with Crippen LogP contribution in [-0.4, -0.2) is 52.1 Å². The van der Waals surface area contributed by atoms with Gasteiger partial charge in [-0.2, -0.15) is 0 Å². The van der Waals surface area contributed by atoms with Crippen molar-refractivity contribution in [1.29, 1.82) is 0 Å². The number of phenolic OH excluding ortho intramolecular Hbond substituents is 1. The second-order valence-electron chi connectivity index (χ2n) is 12.0. The molecule has 3 amide bonds. The number of nitrogens with one attached hydrogen (secondary N) is 2. The van der Waals surface area contributed by atoms with Gasteiger partial charge in [0, 0.05) is 18.2 Å². The molecule has 0 aliphatic heterocycles. The molecule has 1 rings (SSSR count). The standard InChI is InChI=1S/C31H53N3O5/c1-10-12-15-20-32-28(36)27(24-16-13-14-17-25(24)35)34(23(6)19-18-21(3)4)29(37)26(22(5)11-2)33-30(38)39-31(7,8)9/h13-14,16-17,21-23,26-27,35H,10-12,15,18-20H2,1-9H3,(H,32,36)(H,33,38). The van der Waals surface area contributed by atoms with Crippen molar-refractivity contribution in [2.45, 2.75) is 125 Å². The Morgan fingerprint density at radius 2 is 1.64 bits per heavy atom. The van der Waals surface area contributed by atoms with Crippen LogP contribution in [0.3, 0.4) is 0 Å². The van der Waals surface area contributed by atoms with E-state index >= 15 is 0 Å². The van der Waals surface area contributed by atoms with Gasteiger partial charge >= 0.3 is 6.09 Å². The normalized spacial score (nSPS) is 14.7. The van der Waals surface area contributed by atoms with Gasteiger partial charge in [-0.3, -0.25) is 9.59 Å². The third-order valence-corrected chi connectivity index (χ3v) is 6.88. The number of hydrogen-bond donors (Lipinski definition) is 3. The maximum Gasteiger partial charge on any atom is 0.408 e. The second-order valence-corrected chi connectivity index (χ2v) is 12.0. The van der Waals surface area contributed by atoms with Crippen LogP contribution in [0.25, 0.3) is 0 Å². The molecule has 0 aliphatic carbocycles. The Morgan fingerprint density at radius 1 is 1.00 bits per heavy atom. The Hall–Kier alpha value is -2.77. The zero-order valence-electron chi connectivity index (χ0n) is 25.7. The highest BCUT2D eigenvalue weighted by Crippen LogP contribution is 2.33. The molecule has 8 heteroatoms. The van der Waals surface area contributed by atoms with Gasteiger partial charge in [0.15, 0.2) is 0 Å². The first kappa shape index (κ1) is 34.3. The topological polar surface area (TPSA) is 108 Å². The Bertz CT molecular complexity index is 912. The molecule has 4 atom stereocenters. The van der Waals surface area contributed by atoms with Crippen molar-refractivity contribution in [3.05, 3.63) is 29.8 Å². The highest BCUT2D eigenvalue weighted by Gasteiger charge is 2.41. The van der Waals surface area contributed by atoms with Crippen molar-refractivity contribution < 1.29 is 24.2 Å². The molecule has 0 saturated carbocycles. The maximum absolute atomic E-state index is 14.4. The second kappa shape index (κ2) is 16.4. The van der Waals surface area contributed by atoms with Crippen molar-refractivity contribution in [2.24, 2.45) is 11.8 Å². The van der Waals surface area contributed by atoms with Gasteiger partial charge in [0.2, 0.25) is 11.8 Å². The molecule has 0 saturated heterocycles. The zero-order chi connectivity index (χ0) is 29.8. The third kappa shape index (κ3) is 11.5. The predicted molar refractivity (Wildman–Crippen MR) is 156 cm³/mol. The summed E-state index contributed by atoms with van der Waals surface area (Å²) in [5.41, 5.74) is -0.371. The molecule has 0 bridgehead atoms. The van der Waals surface area contributed by atoms with Crippen LogP contribution in [0.4, 0.5) is 4.79 Å². The van der Waals surface area contributed by atoms with Crippen LogP contribution in [-0.2, 0) is 14.3 Å². The van der Waals surface area contributed by atoms with E-state index in [1.54, 1.807) is 43.9 Å². The number of benzene rings is 1. The Kier molecular flexibility index (Phi) is 14.4. The van der Waals surface area contributed by atoms with E-state index in [0.29, 0.717) is 30.9 Å². The highest BCUT2D eigenvalue weighted by atomic mass is 16.6. The highest BCUT2D eigenvalue weighted by molar-refractivity contribution is 5.93. The van der Waals surface area contributed by atoms with Crippen LogP contribution in [0, 0.1) is 11.8 Å². The van der Waals surface area contributed by atoms with E-state index < -0.39 is 23.8 Å². The van der Waals surface area contributed by atoms with Crippen molar-refractivity contribution in [2.75, 3.05) is 6.54 Å². The number of nitrogens with zero attached hydrogens (tertiary/aromatic N) is 1. The average molecular weight is 548 g/mol. The fourth-order valence-electron chi connectivity index (χ4n) is 4.41. The molecule has 0 aromatic heterocycles. The number of carbonyl (C=O) groups is 3. The first-order valence-electron chi connectivity index (χ1n) is 14.6. The number of rotatable bonds is 15. The summed E-state index contributed by atoms with van der Waals surface area (Å²) in [6.07, 6.45) is 4.28. The van der Waals surface area contributed by atoms with Crippen LogP contribution in [0.5, 0.6) is 5.75 Å². The quantitative estimate of drug-likeness (QED) is 0.222. The molecular weight excluding hydrogens is 494 g/mol. The van der Waals surface area contributed by atoms with E-state index in [-0.39, 0.29) is 29.5 Å². The molecule has 8 nitrogen and oxygen atoms in total. The van der Waals surface area contributed by atoms with Gasteiger partial charge in [0.25, 0.3) is 0 Å². The van der Waals surface area contributed by atoms with Crippen LogP contribution < -0.4 is 10.6 Å². The van der Waals surface area contributed by atoms with Gasteiger partial charge in [-0.1, -0.05) is 72.1 Å². The predicted octanol–water partition coefficient (Wildman–Crippen LogP) is 6.33. The first-order chi connectivity index (χ1) is 18.2. The lowest BCUT2D eigenvalue weighted by atomic mass is 9.93. The molecule has 1 aromatic rings. The molecule has 1 aromatic carbocycles. The summed E-state index contributed by atoms with van der Waals surface area (Å²) in [6.45, 7) is 17.9. The number of unbranched alkanes of at least 4 members (excludes halogenated alkanes) is 2. The first-order valence-corrected chi connectivity index (χ1v) is 14.6. The van der Waals surface area contributed by atoms with Gasteiger partial charge in [-0.05, 0) is 64.9 Å². The minimum absolute atomic E-state index is 0.0553. The SMILES string of the molecule is CCCCCNC(=O)C(c1ccccc1O)N(C(=O)C(NC(=O)OC(C)(C)C)C(C)CC)C(C)CCC(C)C. The fourth-order valence-corrected chi connectivity index (χ4v) is 4.41. The molecule has 0 spiro atoms. The van der Waals surface area contributed by atoms with Gasteiger partial charge in [-0.25, -0.2) is 4.79 Å². The van der Waals surface area contributed by atoms with Crippen LogP contribution in [0.2, 0.25) is 0 Å². The summed E-state index contributed by atoms with van der Waals surface area (Å²) in [7, 11) is 0. The average Bonchev–Trinajstić information content (AvgIpc) is 2.85. The Morgan fingerprint density at radius 3 is 2.18 bits per heavy atom. The summed E-state index contributed by atoms with van der Waals surface area (Å²) in [4.78, 5) is 42.6. The number of para-hydroxylation sites is 1. The summed E-state index contributed by atoms with van der Waals surface area (Å²) < 4.78 is 5.48. The van der Waals surface area contributed by atoms with E-state index in [9.17, 15) is 19.5 Å². The van der Waals surface area contributed by atoms with E-state index in [4.69, 9.17) is 4.74 Å². The minimum atomic E-state index is -1.06. The summed E-state index contributed by atoms with van der Waals surface area (Å²) in [5.74, 6) is -0.593.